The summed E-state index contributed by atoms with van der Waals surface area (Å²) in [6.07, 6.45) is 10.1. The van der Waals surface area contributed by atoms with E-state index in [0.29, 0.717) is 25.6 Å². The lowest BCUT2D eigenvalue weighted by molar-refractivity contribution is -0.140. The predicted molar refractivity (Wildman–Crippen MR) is 131 cm³/mol. The van der Waals surface area contributed by atoms with Crippen LogP contribution < -0.4 is 4.74 Å². The van der Waals surface area contributed by atoms with Crippen LogP contribution in [0.5, 0.6) is 5.75 Å². The lowest BCUT2D eigenvalue weighted by atomic mass is 9.81. The number of carbonyl (C=O) groups excluding carboxylic acids is 2. The zero-order valence-corrected chi connectivity index (χ0v) is 20.3. The molecule has 7 nitrogen and oxygen atoms in total. The van der Waals surface area contributed by atoms with Gasteiger partial charge in [0.15, 0.2) is 0 Å². The van der Waals surface area contributed by atoms with Crippen LogP contribution in [0.3, 0.4) is 0 Å². The molecule has 2 saturated heterocycles. The van der Waals surface area contributed by atoms with Crippen molar-refractivity contribution in [2.45, 2.75) is 57.4 Å². The van der Waals surface area contributed by atoms with Gasteiger partial charge in [0.1, 0.15) is 5.75 Å². The number of nitrogens with zero attached hydrogens (tertiary/aromatic N) is 2. The van der Waals surface area contributed by atoms with Crippen molar-refractivity contribution in [1.82, 2.24) is 14.8 Å². The van der Waals surface area contributed by atoms with Crippen LogP contribution in [0.25, 0.3) is 10.9 Å². The average molecular weight is 468 g/mol. The quantitative estimate of drug-likeness (QED) is 0.425. The van der Waals surface area contributed by atoms with E-state index >= 15 is 0 Å². The fourth-order valence-corrected chi connectivity index (χ4v) is 6.16. The maximum atomic E-state index is 12.6. The first-order chi connectivity index (χ1) is 16.7. The fraction of sp³-hybridized carbons (Fsp3) is 0.630. The number of aromatic amines is 1. The summed E-state index contributed by atoms with van der Waals surface area (Å²) in [4.78, 5) is 32.7. The number of ether oxygens (including phenoxy) is 2. The summed E-state index contributed by atoms with van der Waals surface area (Å²) in [6.45, 7) is 3.86. The van der Waals surface area contributed by atoms with Crippen LogP contribution in [0.4, 0.5) is 0 Å². The third-order valence-corrected chi connectivity index (χ3v) is 8.00. The molecule has 0 bridgehead atoms. The Hall–Kier alpha value is -2.38. The first kappa shape index (κ1) is 23.4. The number of fused-ring (bicyclic) bond motifs is 2. The fourth-order valence-electron chi connectivity index (χ4n) is 6.16. The van der Waals surface area contributed by atoms with E-state index in [1.807, 2.05) is 6.07 Å². The van der Waals surface area contributed by atoms with Crippen LogP contribution >= 0.6 is 0 Å². The molecule has 1 N–H and O–H groups in total. The van der Waals surface area contributed by atoms with Gasteiger partial charge in [0, 0.05) is 43.3 Å². The van der Waals surface area contributed by atoms with E-state index in [4.69, 9.17) is 9.47 Å². The second-order valence-corrected chi connectivity index (χ2v) is 10.1. The smallest absolute Gasteiger partial charge is 0.233 e. The molecular formula is C27H37N3O4. The van der Waals surface area contributed by atoms with Crippen molar-refractivity contribution in [2.75, 3.05) is 40.0 Å². The van der Waals surface area contributed by atoms with Crippen LogP contribution in [0, 0.1) is 11.8 Å². The molecular weight excluding hydrogens is 430 g/mol. The summed E-state index contributed by atoms with van der Waals surface area (Å²) in [6, 6.07) is 6.74. The highest BCUT2D eigenvalue weighted by molar-refractivity contribution is 6.05. The number of likely N-dealkylation sites (tertiary alicyclic amines) is 2. The molecule has 184 valence electrons. The number of rotatable bonds is 10. The molecule has 3 fully saturated rings. The van der Waals surface area contributed by atoms with Gasteiger partial charge in [-0.05, 0) is 68.8 Å². The van der Waals surface area contributed by atoms with Gasteiger partial charge in [0.2, 0.25) is 11.8 Å². The van der Waals surface area contributed by atoms with E-state index in [1.54, 1.807) is 7.11 Å². The number of carbonyl (C=O) groups is 2. The topological polar surface area (TPSA) is 74.9 Å². The Labute approximate surface area is 201 Å². The van der Waals surface area contributed by atoms with E-state index in [-0.39, 0.29) is 23.7 Å². The average Bonchev–Trinajstić information content (AvgIpc) is 3.54. The lowest BCUT2D eigenvalue weighted by Crippen LogP contribution is -2.33. The molecule has 1 aliphatic carbocycles. The summed E-state index contributed by atoms with van der Waals surface area (Å²) < 4.78 is 11.3. The Kier molecular flexibility index (Phi) is 7.21. The van der Waals surface area contributed by atoms with Gasteiger partial charge in [0.05, 0.1) is 25.0 Å². The van der Waals surface area contributed by atoms with E-state index in [0.717, 1.165) is 63.1 Å². The number of methoxy groups -OCH3 is 1. The van der Waals surface area contributed by atoms with E-state index in [2.05, 4.69) is 28.2 Å². The minimum Gasteiger partial charge on any atom is -0.494 e. The summed E-state index contributed by atoms with van der Waals surface area (Å²) in [5.41, 5.74) is 2.45. The molecule has 34 heavy (non-hydrogen) atoms. The number of aromatic nitrogens is 1. The van der Waals surface area contributed by atoms with E-state index in [1.165, 1.54) is 28.7 Å². The standard InChI is InChI=1S/C27H37N3O4/c1-33-15-13-29-11-4-6-20(29)16-19-18-28-25-10-9-21(17-24(19)25)34-14-5-12-30-26(31)22-7-2-3-8-23(22)27(30)32/h9-10,17-18,20,22-23,28H,2-8,11-16H2,1H3/t20-,22-,23+/m1/s1. The van der Waals surface area contributed by atoms with Gasteiger partial charge in [-0.25, -0.2) is 0 Å². The van der Waals surface area contributed by atoms with Gasteiger partial charge >= 0.3 is 0 Å². The van der Waals surface area contributed by atoms with Crippen LogP contribution in [0.15, 0.2) is 24.4 Å². The molecule has 3 aliphatic rings. The molecule has 7 heteroatoms. The van der Waals surface area contributed by atoms with Gasteiger partial charge < -0.3 is 14.5 Å². The Morgan fingerprint density at radius 3 is 2.56 bits per heavy atom. The van der Waals surface area contributed by atoms with Gasteiger partial charge in [-0.2, -0.15) is 0 Å². The molecule has 5 rings (SSSR count). The van der Waals surface area contributed by atoms with Crippen molar-refractivity contribution < 1.29 is 19.1 Å². The minimum absolute atomic E-state index is 0.0412. The maximum absolute atomic E-state index is 12.6. The van der Waals surface area contributed by atoms with Crippen molar-refractivity contribution in [3.05, 3.63) is 30.0 Å². The summed E-state index contributed by atoms with van der Waals surface area (Å²) >= 11 is 0. The zero-order valence-electron chi connectivity index (χ0n) is 20.3. The Bertz CT molecular complexity index is 994. The normalized spacial score (nSPS) is 25.4. The van der Waals surface area contributed by atoms with Crippen molar-refractivity contribution >= 4 is 22.7 Å². The Morgan fingerprint density at radius 2 is 1.79 bits per heavy atom. The van der Waals surface area contributed by atoms with Crippen LogP contribution in [-0.4, -0.2) is 72.6 Å². The van der Waals surface area contributed by atoms with Crippen molar-refractivity contribution in [1.29, 1.82) is 0 Å². The van der Waals surface area contributed by atoms with Gasteiger partial charge in [-0.3, -0.25) is 19.4 Å². The molecule has 1 aromatic heterocycles. The summed E-state index contributed by atoms with van der Waals surface area (Å²) in [5.74, 6) is 0.784. The second kappa shape index (κ2) is 10.5. The first-order valence-electron chi connectivity index (χ1n) is 13.0. The van der Waals surface area contributed by atoms with Crippen LogP contribution in [-0.2, 0) is 20.7 Å². The number of H-pyrrole nitrogens is 1. The van der Waals surface area contributed by atoms with E-state index < -0.39 is 0 Å². The molecule has 2 amide bonds. The minimum atomic E-state index is -0.0677. The zero-order chi connectivity index (χ0) is 23.5. The number of benzene rings is 1. The molecule has 1 saturated carbocycles. The highest BCUT2D eigenvalue weighted by Crippen LogP contribution is 2.38. The van der Waals surface area contributed by atoms with Gasteiger partial charge in [0.25, 0.3) is 0 Å². The first-order valence-corrected chi connectivity index (χ1v) is 13.0. The molecule has 3 heterocycles. The maximum Gasteiger partial charge on any atom is 0.233 e. The highest BCUT2D eigenvalue weighted by atomic mass is 16.5. The third-order valence-electron chi connectivity index (χ3n) is 8.00. The summed E-state index contributed by atoms with van der Waals surface area (Å²) in [5, 5.41) is 1.21. The molecule has 0 radical (unpaired) electrons. The van der Waals surface area contributed by atoms with Crippen LogP contribution in [0.1, 0.15) is 50.5 Å². The van der Waals surface area contributed by atoms with Crippen LogP contribution in [0.2, 0.25) is 0 Å². The number of imide groups is 1. The number of hydrogen-bond donors (Lipinski definition) is 1. The predicted octanol–water partition coefficient (Wildman–Crippen LogP) is 3.77. The monoisotopic (exact) mass is 467 g/mol. The van der Waals surface area contributed by atoms with Gasteiger partial charge in [-0.15, -0.1) is 0 Å². The van der Waals surface area contributed by atoms with Crippen molar-refractivity contribution in [3.63, 3.8) is 0 Å². The third kappa shape index (κ3) is 4.73. The summed E-state index contributed by atoms with van der Waals surface area (Å²) in [7, 11) is 1.76. The van der Waals surface area contributed by atoms with Crippen molar-refractivity contribution in [2.24, 2.45) is 11.8 Å². The van der Waals surface area contributed by atoms with E-state index in [9.17, 15) is 9.59 Å². The van der Waals surface area contributed by atoms with Gasteiger partial charge in [-0.1, -0.05) is 12.8 Å². The molecule has 1 aromatic carbocycles. The van der Waals surface area contributed by atoms with Crippen molar-refractivity contribution in [3.8, 4) is 5.75 Å². The molecule has 2 aromatic rings. The Balaban J connectivity index is 1.16. The Morgan fingerprint density at radius 1 is 1.00 bits per heavy atom. The highest BCUT2D eigenvalue weighted by Gasteiger charge is 2.47. The molecule has 0 spiro atoms. The number of hydrogen-bond acceptors (Lipinski definition) is 5. The SMILES string of the molecule is COCCN1CCC[C@@H]1Cc1c[nH]c2ccc(OCCCN3C(=O)[C@H]4CCCC[C@H]4C3=O)cc12. The molecule has 3 atom stereocenters. The number of amides is 2. The number of nitrogens with one attached hydrogen (secondary N) is 1. The largest absolute Gasteiger partial charge is 0.494 e. The lowest BCUT2D eigenvalue weighted by Gasteiger charge is -2.23. The molecule has 2 aliphatic heterocycles. The molecule has 0 unspecified atom stereocenters. The second-order valence-electron chi connectivity index (χ2n) is 10.1.